The van der Waals surface area contributed by atoms with Crippen LogP contribution in [0.1, 0.15) is 24.4 Å². The fourth-order valence-electron chi connectivity index (χ4n) is 3.53. The molecule has 0 saturated carbocycles. The lowest BCUT2D eigenvalue weighted by Crippen LogP contribution is -2.33. The minimum absolute atomic E-state index is 0.365. The van der Waals surface area contributed by atoms with E-state index in [0.29, 0.717) is 22.7 Å². The predicted molar refractivity (Wildman–Crippen MR) is 112 cm³/mol. The summed E-state index contributed by atoms with van der Waals surface area (Å²) in [6, 6.07) is 13.8. The fraction of sp³-hybridized carbons (Fsp3) is 0.333. The quantitative estimate of drug-likeness (QED) is 0.580. The van der Waals surface area contributed by atoms with E-state index in [4.69, 9.17) is 27.9 Å². The van der Waals surface area contributed by atoms with Gasteiger partial charge in [0.05, 0.1) is 22.3 Å². The minimum Gasteiger partial charge on any atom is -0.488 e. The molecule has 1 atom stereocenters. The van der Waals surface area contributed by atoms with Gasteiger partial charge in [0, 0.05) is 12.1 Å². The summed E-state index contributed by atoms with van der Waals surface area (Å²) >= 11 is 12.1. The van der Waals surface area contributed by atoms with Crippen LogP contribution in [0.4, 0.5) is 0 Å². The van der Waals surface area contributed by atoms with Gasteiger partial charge >= 0.3 is 0 Å². The lowest BCUT2D eigenvalue weighted by atomic mass is 10.1. The molecule has 2 heterocycles. The Morgan fingerprint density at radius 3 is 2.82 bits per heavy atom. The standard InChI is InChI=1S/C21H22Cl2N4O/c1-26-10-4-5-16(12-26)27-13-20(24-25-27)17-6-2-3-7-21(17)28-14-15-8-9-18(22)19(23)11-15/h2-3,6-9,11,13,16H,4-5,10,12,14H2,1H3. The molecule has 1 aliphatic rings. The number of piperidine rings is 1. The van der Waals surface area contributed by atoms with Gasteiger partial charge in [-0.25, -0.2) is 4.68 Å². The van der Waals surface area contributed by atoms with E-state index in [-0.39, 0.29) is 0 Å². The van der Waals surface area contributed by atoms with Crippen molar-refractivity contribution in [3.8, 4) is 17.0 Å². The first-order valence-electron chi connectivity index (χ1n) is 9.36. The number of para-hydroxylation sites is 1. The van der Waals surface area contributed by atoms with Gasteiger partial charge in [-0.15, -0.1) is 5.10 Å². The number of hydrogen-bond donors (Lipinski definition) is 0. The molecule has 0 N–H and O–H groups in total. The first kappa shape index (κ1) is 19.2. The molecular formula is C21H22Cl2N4O. The van der Waals surface area contributed by atoms with Crippen LogP contribution >= 0.6 is 23.2 Å². The summed E-state index contributed by atoms with van der Waals surface area (Å²) in [4.78, 5) is 2.34. The van der Waals surface area contributed by atoms with Crippen LogP contribution in [-0.4, -0.2) is 40.0 Å². The molecule has 0 spiro atoms. The van der Waals surface area contributed by atoms with Gasteiger partial charge < -0.3 is 9.64 Å². The van der Waals surface area contributed by atoms with Crippen molar-refractivity contribution in [2.45, 2.75) is 25.5 Å². The van der Waals surface area contributed by atoms with Crippen LogP contribution in [0, 0.1) is 0 Å². The molecule has 1 fully saturated rings. The van der Waals surface area contributed by atoms with E-state index in [2.05, 4.69) is 22.3 Å². The molecule has 0 bridgehead atoms. The van der Waals surface area contributed by atoms with Gasteiger partial charge in [0.1, 0.15) is 18.1 Å². The lowest BCUT2D eigenvalue weighted by Gasteiger charge is -2.29. The molecule has 5 nitrogen and oxygen atoms in total. The number of likely N-dealkylation sites (tertiary alicyclic amines) is 1. The van der Waals surface area contributed by atoms with E-state index < -0.39 is 0 Å². The second-order valence-electron chi connectivity index (χ2n) is 7.18. The van der Waals surface area contributed by atoms with E-state index in [1.165, 1.54) is 6.42 Å². The molecule has 1 unspecified atom stereocenters. The highest BCUT2D eigenvalue weighted by atomic mass is 35.5. The Morgan fingerprint density at radius 1 is 1.14 bits per heavy atom. The van der Waals surface area contributed by atoms with Crippen LogP contribution in [0.2, 0.25) is 10.0 Å². The van der Waals surface area contributed by atoms with Crippen LogP contribution < -0.4 is 4.74 Å². The largest absolute Gasteiger partial charge is 0.488 e. The van der Waals surface area contributed by atoms with Crippen molar-refractivity contribution in [3.05, 3.63) is 64.3 Å². The van der Waals surface area contributed by atoms with Gasteiger partial charge in [0.2, 0.25) is 0 Å². The maximum absolute atomic E-state index is 6.10. The van der Waals surface area contributed by atoms with Gasteiger partial charge in [0.25, 0.3) is 0 Å². The van der Waals surface area contributed by atoms with Crippen LogP contribution in [0.5, 0.6) is 5.75 Å². The SMILES string of the molecule is CN1CCCC(n2cc(-c3ccccc3OCc3ccc(Cl)c(Cl)c3)nn2)C1. The van der Waals surface area contributed by atoms with E-state index in [0.717, 1.165) is 42.1 Å². The molecule has 28 heavy (non-hydrogen) atoms. The summed E-state index contributed by atoms with van der Waals surface area (Å²) in [5.41, 5.74) is 2.70. The lowest BCUT2D eigenvalue weighted by molar-refractivity contribution is 0.201. The highest BCUT2D eigenvalue weighted by molar-refractivity contribution is 6.42. The van der Waals surface area contributed by atoms with Crippen molar-refractivity contribution in [2.24, 2.45) is 0 Å². The normalized spacial score (nSPS) is 17.6. The first-order valence-corrected chi connectivity index (χ1v) is 10.1. The highest BCUT2D eigenvalue weighted by Gasteiger charge is 2.21. The van der Waals surface area contributed by atoms with Crippen LogP contribution in [0.15, 0.2) is 48.7 Å². The van der Waals surface area contributed by atoms with Crippen molar-refractivity contribution in [3.63, 3.8) is 0 Å². The minimum atomic E-state index is 0.365. The molecule has 7 heteroatoms. The Hall–Kier alpha value is -2.08. The number of likely N-dealkylation sites (N-methyl/N-ethyl adjacent to an activating group) is 1. The Labute approximate surface area is 174 Å². The monoisotopic (exact) mass is 416 g/mol. The van der Waals surface area contributed by atoms with E-state index in [1.807, 2.05) is 47.3 Å². The number of aromatic nitrogens is 3. The zero-order chi connectivity index (χ0) is 19.5. The molecular weight excluding hydrogens is 395 g/mol. The number of halogens is 2. The van der Waals surface area contributed by atoms with Crippen LogP contribution in [-0.2, 0) is 6.61 Å². The molecule has 0 aliphatic carbocycles. The second-order valence-corrected chi connectivity index (χ2v) is 7.99. The topological polar surface area (TPSA) is 43.2 Å². The average molecular weight is 417 g/mol. The van der Waals surface area contributed by atoms with Crippen molar-refractivity contribution < 1.29 is 4.74 Å². The summed E-state index contributed by atoms with van der Waals surface area (Å²) in [5, 5.41) is 9.85. The van der Waals surface area contributed by atoms with Gasteiger partial charge in [-0.2, -0.15) is 0 Å². The zero-order valence-electron chi connectivity index (χ0n) is 15.7. The first-order chi connectivity index (χ1) is 13.6. The van der Waals surface area contributed by atoms with Gasteiger partial charge in [0.15, 0.2) is 0 Å². The highest BCUT2D eigenvalue weighted by Crippen LogP contribution is 2.31. The van der Waals surface area contributed by atoms with E-state index in [1.54, 1.807) is 6.07 Å². The van der Waals surface area contributed by atoms with E-state index >= 15 is 0 Å². The maximum atomic E-state index is 6.10. The average Bonchev–Trinajstić information content (AvgIpc) is 3.19. The Morgan fingerprint density at radius 2 is 2.00 bits per heavy atom. The number of ether oxygens (including phenoxy) is 1. The summed E-state index contributed by atoms with van der Waals surface area (Å²) in [6.45, 7) is 2.54. The number of nitrogens with zero attached hydrogens (tertiary/aromatic N) is 4. The second kappa shape index (κ2) is 8.52. The van der Waals surface area contributed by atoms with Gasteiger partial charge in [-0.1, -0.05) is 46.6 Å². The Balaban J connectivity index is 1.52. The van der Waals surface area contributed by atoms with Crippen molar-refractivity contribution in [1.29, 1.82) is 0 Å². The summed E-state index contributed by atoms with van der Waals surface area (Å²) in [7, 11) is 2.15. The third kappa shape index (κ3) is 4.32. The molecule has 2 aromatic carbocycles. The molecule has 0 radical (unpaired) electrons. The predicted octanol–water partition coefficient (Wildman–Crippen LogP) is 5.10. The smallest absolute Gasteiger partial charge is 0.129 e. The molecule has 146 valence electrons. The third-order valence-electron chi connectivity index (χ3n) is 5.03. The number of rotatable bonds is 5. The van der Waals surface area contributed by atoms with Crippen molar-refractivity contribution in [1.82, 2.24) is 19.9 Å². The Kier molecular flexibility index (Phi) is 5.85. The van der Waals surface area contributed by atoms with Crippen LogP contribution in [0.3, 0.4) is 0 Å². The van der Waals surface area contributed by atoms with E-state index in [9.17, 15) is 0 Å². The maximum Gasteiger partial charge on any atom is 0.129 e. The molecule has 4 rings (SSSR count). The Bertz CT molecular complexity index is 959. The molecule has 0 amide bonds. The summed E-state index contributed by atoms with van der Waals surface area (Å²) in [6.07, 6.45) is 4.33. The molecule has 3 aromatic rings. The number of benzene rings is 2. The molecule has 1 aliphatic heterocycles. The zero-order valence-corrected chi connectivity index (χ0v) is 17.2. The summed E-state index contributed by atoms with van der Waals surface area (Å²) in [5.74, 6) is 0.765. The molecule has 1 saturated heterocycles. The van der Waals surface area contributed by atoms with Gasteiger partial charge in [-0.05, 0) is 56.3 Å². The third-order valence-corrected chi connectivity index (χ3v) is 5.76. The fourth-order valence-corrected chi connectivity index (χ4v) is 3.85. The van der Waals surface area contributed by atoms with Gasteiger partial charge in [-0.3, -0.25) is 0 Å². The van der Waals surface area contributed by atoms with Crippen molar-refractivity contribution >= 4 is 23.2 Å². The molecule has 1 aromatic heterocycles. The summed E-state index contributed by atoms with van der Waals surface area (Å²) < 4.78 is 8.04. The van der Waals surface area contributed by atoms with Crippen LogP contribution in [0.25, 0.3) is 11.3 Å². The van der Waals surface area contributed by atoms with Crippen molar-refractivity contribution in [2.75, 3.05) is 20.1 Å². The number of hydrogen-bond acceptors (Lipinski definition) is 4.